The first-order valence-electron chi connectivity index (χ1n) is 8.77. The Labute approximate surface area is 160 Å². The molecule has 0 bridgehead atoms. The smallest absolute Gasteiger partial charge is 0.342 e. The Hall–Kier alpha value is -3.01. The minimum atomic E-state index is -0.583. The van der Waals surface area contributed by atoms with Gasteiger partial charge in [-0.25, -0.2) is 4.79 Å². The van der Waals surface area contributed by atoms with Crippen molar-refractivity contribution in [3.05, 3.63) is 70.3 Å². The van der Waals surface area contributed by atoms with E-state index >= 15 is 0 Å². The zero-order chi connectivity index (χ0) is 20.0. The zero-order valence-electron chi connectivity index (χ0n) is 16.5. The van der Waals surface area contributed by atoms with E-state index < -0.39 is 5.97 Å². The molecule has 0 fully saturated rings. The molecule has 0 aliphatic carbocycles. The molecule has 2 rings (SSSR count). The van der Waals surface area contributed by atoms with E-state index in [9.17, 15) is 9.90 Å². The maximum absolute atomic E-state index is 12.4. The van der Waals surface area contributed by atoms with E-state index in [1.165, 1.54) is 7.11 Å². The van der Waals surface area contributed by atoms with Crippen LogP contribution in [0, 0.1) is 0 Å². The monoisotopic (exact) mass is 366 g/mol. The molecule has 0 saturated heterocycles. The van der Waals surface area contributed by atoms with Crippen molar-refractivity contribution in [1.82, 2.24) is 0 Å². The third-order valence-corrected chi connectivity index (χ3v) is 4.32. The Morgan fingerprint density at radius 1 is 1.11 bits per heavy atom. The average molecular weight is 366 g/mol. The molecule has 0 unspecified atom stereocenters. The van der Waals surface area contributed by atoms with Gasteiger partial charge in [-0.1, -0.05) is 48.1 Å². The third-order valence-electron chi connectivity index (χ3n) is 4.32. The molecule has 0 amide bonds. The van der Waals surface area contributed by atoms with E-state index in [0.29, 0.717) is 23.3 Å². The summed E-state index contributed by atoms with van der Waals surface area (Å²) in [4.78, 5) is 12.4. The molecule has 0 spiro atoms. The van der Waals surface area contributed by atoms with Crippen molar-refractivity contribution in [2.24, 2.45) is 0 Å². The Morgan fingerprint density at radius 2 is 1.78 bits per heavy atom. The van der Waals surface area contributed by atoms with Gasteiger partial charge < -0.3 is 14.6 Å². The lowest BCUT2D eigenvalue weighted by molar-refractivity contribution is 0.0597. The van der Waals surface area contributed by atoms with Gasteiger partial charge in [-0.15, -0.1) is 0 Å². The number of rotatable bonds is 6. The van der Waals surface area contributed by atoms with Crippen LogP contribution < -0.4 is 4.74 Å². The molecule has 1 N–H and O–H groups in total. The standard InChI is InChI=1S/C23H26O4/c1-15(2)11-12-19-20(26-4)14-18(21(22(19)24)23(25)27-5)13-16(3)17-9-7-6-8-10-17/h6-11,13-14,24H,12H2,1-5H3/b16-13+. The predicted molar refractivity (Wildman–Crippen MR) is 109 cm³/mol. The number of hydrogen-bond donors (Lipinski definition) is 1. The van der Waals surface area contributed by atoms with Crippen LogP contribution in [0.4, 0.5) is 0 Å². The summed E-state index contributed by atoms with van der Waals surface area (Å²) in [7, 11) is 2.86. The summed E-state index contributed by atoms with van der Waals surface area (Å²) in [5.41, 5.74) is 4.36. The number of ether oxygens (including phenoxy) is 2. The molecule has 4 nitrogen and oxygen atoms in total. The molecule has 0 radical (unpaired) electrons. The van der Waals surface area contributed by atoms with Gasteiger partial charge in [0.2, 0.25) is 0 Å². The van der Waals surface area contributed by atoms with Crippen molar-refractivity contribution in [2.75, 3.05) is 14.2 Å². The number of methoxy groups -OCH3 is 2. The second-order valence-electron chi connectivity index (χ2n) is 6.54. The quantitative estimate of drug-likeness (QED) is 0.431. The molecule has 0 heterocycles. The largest absolute Gasteiger partial charge is 0.507 e. The van der Waals surface area contributed by atoms with E-state index in [1.54, 1.807) is 13.2 Å². The van der Waals surface area contributed by atoms with Crippen LogP contribution in [0.25, 0.3) is 11.6 Å². The average Bonchev–Trinajstić information content (AvgIpc) is 2.66. The minimum Gasteiger partial charge on any atom is -0.507 e. The fourth-order valence-corrected chi connectivity index (χ4v) is 2.84. The summed E-state index contributed by atoms with van der Waals surface area (Å²) in [6.45, 7) is 5.91. The van der Waals surface area contributed by atoms with Gasteiger partial charge in [-0.3, -0.25) is 0 Å². The molecule has 2 aromatic carbocycles. The number of phenolic OH excluding ortho intramolecular Hbond substituents is 1. The summed E-state index contributed by atoms with van der Waals surface area (Å²) in [6, 6.07) is 11.6. The number of hydrogen-bond acceptors (Lipinski definition) is 4. The lowest BCUT2D eigenvalue weighted by Gasteiger charge is -2.16. The van der Waals surface area contributed by atoms with Crippen LogP contribution in [0.3, 0.4) is 0 Å². The number of benzene rings is 2. The van der Waals surface area contributed by atoms with Crippen molar-refractivity contribution in [3.8, 4) is 11.5 Å². The molecule has 2 aromatic rings. The first kappa shape index (κ1) is 20.3. The predicted octanol–water partition coefficient (Wildman–Crippen LogP) is 5.26. The molecule has 0 atom stereocenters. The summed E-state index contributed by atoms with van der Waals surface area (Å²) in [5.74, 6) is -0.156. The highest BCUT2D eigenvalue weighted by molar-refractivity contribution is 5.99. The normalized spacial score (nSPS) is 11.1. The summed E-state index contributed by atoms with van der Waals surface area (Å²) < 4.78 is 10.4. The van der Waals surface area contributed by atoms with Crippen molar-refractivity contribution in [3.63, 3.8) is 0 Å². The first-order valence-corrected chi connectivity index (χ1v) is 8.77. The molecule has 27 heavy (non-hydrogen) atoms. The Bertz CT molecular complexity index is 873. The number of aromatic hydroxyl groups is 1. The zero-order valence-corrected chi connectivity index (χ0v) is 16.5. The maximum atomic E-state index is 12.4. The molecular weight excluding hydrogens is 340 g/mol. The molecule has 142 valence electrons. The lowest BCUT2D eigenvalue weighted by Crippen LogP contribution is -2.07. The number of esters is 1. The van der Waals surface area contributed by atoms with Crippen molar-refractivity contribution in [2.45, 2.75) is 27.2 Å². The molecule has 0 aliphatic rings. The van der Waals surface area contributed by atoms with Crippen LogP contribution in [0.15, 0.2) is 48.0 Å². The highest BCUT2D eigenvalue weighted by atomic mass is 16.5. The van der Waals surface area contributed by atoms with Crippen molar-refractivity contribution in [1.29, 1.82) is 0 Å². The van der Waals surface area contributed by atoms with E-state index in [-0.39, 0.29) is 11.3 Å². The van der Waals surface area contributed by atoms with Gasteiger partial charge in [-0.2, -0.15) is 0 Å². The van der Waals surface area contributed by atoms with Gasteiger partial charge in [-0.05, 0) is 50.0 Å². The van der Waals surface area contributed by atoms with Gasteiger partial charge >= 0.3 is 5.97 Å². The van der Waals surface area contributed by atoms with Crippen LogP contribution in [0.1, 0.15) is 47.8 Å². The number of carbonyl (C=O) groups excluding carboxylic acids is 1. The minimum absolute atomic E-state index is 0.106. The van der Waals surface area contributed by atoms with Gasteiger partial charge in [0.05, 0.1) is 14.2 Å². The van der Waals surface area contributed by atoms with Crippen LogP contribution in [-0.2, 0) is 11.2 Å². The maximum Gasteiger partial charge on any atom is 0.342 e. The second kappa shape index (κ2) is 9.08. The Balaban J connectivity index is 2.67. The van der Waals surface area contributed by atoms with Gasteiger partial charge in [0.15, 0.2) is 0 Å². The van der Waals surface area contributed by atoms with Crippen LogP contribution in [-0.4, -0.2) is 25.3 Å². The highest BCUT2D eigenvalue weighted by Gasteiger charge is 2.23. The highest BCUT2D eigenvalue weighted by Crippen LogP contribution is 2.37. The number of phenols is 1. The van der Waals surface area contributed by atoms with Crippen LogP contribution in [0.2, 0.25) is 0 Å². The van der Waals surface area contributed by atoms with E-state index in [0.717, 1.165) is 16.7 Å². The lowest BCUT2D eigenvalue weighted by atomic mass is 9.95. The second-order valence-corrected chi connectivity index (χ2v) is 6.54. The Kier molecular flexibility index (Phi) is 6.83. The SMILES string of the molecule is COC(=O)c1c(/C=C(\C)c2ccccc2)cc(OC)c(CC=C(C)C)c1O. The van der Waals surface area contributed by atoms with Crippen molar-refractivity contribution >= 4 is 17.6 Å². The topological polar surface area (TPSA) is 55.8 Å². The van der Waals surface area contributed by atoms with Gasteiger partial charge in [0.1, 0.15) is 17.1 Å². The van der Waals surface area contributed by atoms with Crippen LogP contribution >= 0.6 is 0 Å². The first-order chi connectivity index (χ1) is 12.9. The molecule has 0 aromatic heterocycles. The van der Waals surface area contributed by atoms with Gasteiger partial charge in [0.25, 0.3) is 0 Å². The molecule has 4 heteroatoms. The summed E-state index contributed by atoms with van der Waals surface area (Å²) >= 11 is 0. The van der Waals surface area contributed by atoms with Crippen LogP contribution in [0.5, 0.6) is 11.5 Å². The number of allylic oxidation sites excluding steroid dienone is 3. The molecule has 0 aliphatic heterocycles. The number of carbonyl (C=O) groups is 1. The van der Waals surface area contributed by atoms with E-state index in [4.69, 9.17) is 9.47 Å². The summed E-state index contributed by atoms with van der Waals surface area (Å²) in [5, 5.41) is 10.8. The van der Waals surface area contributed by atoms with E-state index in [2.05, 4.69) is 0 Å². The van der Waals surface area contributed by atoms with E-state index in [1.807, 2.05) is 63.3 Å². The third kappa shape index (κ3) is 4.79. The van der Waals surface area contributed by atoms with Gasteiger partial charge in [0, 0.05) is 5.56 Å². The summed E-state index contributed by atoms with van der Waals surface area (Å²) in [6.07, 6.45) is 4.29. The molecular formula is C23H26O4. The van der Waals surface area contributed by atoms with Crippen molar-refractivity contribution < 1.29 is 19.4 Å². The molecule has 0 saturated carbocycles. The Morgan fingerprint density at radius 3 is 2.33 bits per heavy atom. The fraction of sp³-hybridized carbons (Fsp3) is 0.261. The fourth-order valence-electron chi connectivity index (χ4n) is 2.84.